The van der Waals surface area contributed by atoms with Crippen molar-refractivity contribution in [3.8, 4) is 0 Å². The lowest BCUT2D eigenvalue weighted by atomic mass is 9.92. The summed E-state index contributed by atoms with van der Waals surface area (Å²) in [4.78, 5) is 25.0. The van der Waals surface area contributed by atoms with Crippen molar-refractivity contribution < 1.29 is 14.3 Å². The Hall–Kier alpha value is -2.92. The molecule has 3 aromatic carbocycles. The number of carbonyl (C=O) groups is 2. The minimum absolute atomic E-state index is 0.212. The SMILES string of the molecule is Cc1ccc([C@@H]2Cc3cc(C(=O)Nc4ccc(Br)cc4)ccc3C(=O)O2)cc1. The van der Waals surface area contributed by atoms with Crippen LogP contribution in [0, 0.1) is 6.92 Å². The van der Waals surface area contributed by atoms with Gasteiger partial charge in [0.2, 0.25) is 0 Å². The molecule has 4 rings (SSSR count). The van der Waals surface area contributed by atoms with Crippen molar-refractivity contribution in [1.82, 2.24) is 0 Å². The van der Waals surface area contributed by atoms with E-state index in [1.165, 1.54) is 0 Å². The Labute approximate surface area is 171 Å². The number of ether oxygens (including phenoxy) is 1. The summed E-state index contributed by atoms with van der Waals surface area (Å²) in [6.45, 7) is 2.02. The van der Waals surface area contributed by atoms with Gasteiger partial charge in [0.1, 0.15) is 6.10 Å². The van der Waals surface area contributed by atoms with E-state index in [0.29, 0.717) is 23.2 Å². The van der Waals surface area contributed by atoms with Gasteiger partial charge in [-0.05, 0) is 60.5 Å². The summed E-state index contributed by atoms with van der Waals surface area (Å²) in [6.07, 6.45) is 0.203. The molecule has 0 aromatic heterocycles. The Morgan fingerprint density at radius 1 is 1.04 bits per heavy atom. The fourth-order valence-corrected chi connectivity index (χ4v) is 3.50. The van der Waals surface area contributed by atoms with Gasteiger partial charge in [-0.3, -0.25) is 4.79 Å². The van der Waals surface area contributed by atoms with Crippen LogP contribution in [0.5, 0.6) is 0 Å². The number of nitrogens with one attached hydrogen (secondary N) is 1. The summed E-state index contributed by atoms with van der Waals surface area (Å²) in [7, 11) is 0. The average molecular weight is 436 g/mol. The summed E-state index contributed by atoms with van der Waals surface area (Å²) < 4.78 is 6.55. The Bertz CT molecular complexity index is 1040. The van der Waals surface area contributed by atoms with E-state index in [2.05, 4.69) is 21.2 Å². The van der Waals surface area contributed by atoms with E-state index >= 15 is 0 Å². The summed E-state index contributed by atoms with van der Waals surface area (Å²) in [5.74, 6) is -0.567. The van der Waals surface area contributed by atoms with Crippen LogP contribution in [0.25, 0.3) is 0 Å². The topological polar surface area (TPSA) is 55.4 Å². The predicted octanol–water partition coefficient (Wildman–Crippen LogP) is 5.46. The molecule has 1 atom stereocenters. The monoisotopic (exact) mass is 435 g/mol. The van der Waals surface area contributed by atoms with E-state index in [-0.39, 0.29) is 18.0 Å². The first-order valence-corrected chi connectivity index (χ1v) is 9.76. The van der Waals surface area contributed by atoms with Crippen LogP contribution in [0.3, 0.4) is 0 Å². The van der Waals surface area contributed by atoms with Crippen molar-refractivity contribution in [2.45, 2.75) is 19.4 Å². The van der Waals surface area contributed by atoms with Crippen LogP contribution in [0.2, 0.25) is 0 Å². The van der Waals surface area contributed by atoms with Gasteiger partial charge in [0.25, 0.3) is 5.91 Å². The molecule has 0 radical (unpaired) electrons. The summed E-state index contributed by atoms with van der Waals surface area (Å²) in [5.41, 5.74) is 4.67. The summed E-state index contributed by atoms with van der Waals surface area (Å²) in [6, 6.07) is 20.4. The smallest absolute Gasteiger partial charge is 0.339 e. The van der Waals surface area contributed by atoms with Gasteiger partial charge in [-0.2, -0.15) is 0 Å². The standard InChI is InChI=1S/C23H18BrNO3/c1-14-2-4-15(5-3-14)21-13-17-12-16(6-11-20(17)23(27)28-21)22(26)25-19-9-7-18(24)8-10-19/h2-12,21H,13H2,1H3,(H,25,26)/t21-/m0/s1. The molecule has 5 heteroatoms. The van der Waals surface area contributed by atoms with E-state index in [9.17, 15) is 9.59 Å². The minimum Gasteiger partial charge on any atom is -0.454 e. The van der Waals surface area contributed by atoms with Gasteiger partial charge in [-0.25, -0.2) is 4.79 Å². The highest BCUT2D eigenvalue weighted by Gasteiger charge is 2.28. The number of aryl methyl sites for hydroxylation is 1. The Morgan fingerprint density at radius 2 is 1.75 bits per heavy atom. The first-order valence-electron chi connectivity index (χ1n) is 8.97. The molecule has 0 spiro atoms. The maximum absolute atomic E-state index is 12.6. The van der Waals surface area contributed by atoms with E-state index in [1.54, 1.807) is 18.2 Å². The quantitative estimate of drug-likeness (QED) is 0.555. The average Bonchev–Trinajstić information content (AvgIpc) is 2.69. The number of halogens is 1. The van der Waals surface area contributed by atoms with Crippen LogP contribution >= 0.6 is 15.9 Å². The van der Waals surface area contributed by atoms with Crippen molar-refractivity contribution in [2.24, 2.45) is 0 Å². The van der Waals surface area contributed by atoms with E-state index in [4.69, 9.17) is 4.74 Å². The number of hydrogen-bond acceptors (Lipinski definition) is 3. The van der Waals surface area contributed by atoms with Crippen LogP contribution in [-0.2, 0) is 11.2 Å². The minimum atomic E-state index is -0.355. The number of hydrogen-bond donors (Lipinski definition) is 1. The van der Waals surface area contributed by atoms with Crippen LogP contribution < -0.4 is 5.32 Å². The molecule has 3 aromatic rings. The Morgan fingerprint density at radius 3 is 2.46 bits per heavy atom. The maximum atomic E-state index is 12.6. The van der Waals surface area contributed by atoms with Crippen molar-refractivity contribution >= 4 is 33.5 Å². The molecule has 0 aliphatic carbocycles. The molecule has 28 heavy (non-hydrogen) atoms. The molecule has 1 aliphatic rings. The van der Waals surface area contributed by atoms with Gasteiger partial charge in [0, 0.05) is 22.1 Å². The number of rotatable bonds is 3. The molecule has 0 saturated heterocycles. The zero-order chi connectivity index (χ0) is 19.7. The lowest BCUT2D eigenvalue weighted by molar-refractivity contribution is 0.0252. The van der Waals surface area contributed by atoms with Gasteiger partial charge in [0.05, 0.1) is 5.56 Å². The molecule has 1 heterocycles. The second-order valence-corrected chi connectivity index (χ2v) is 7.76. The molecule has 0 fully saturated rings. The van der Waals surface area contributed by atoms with E-state index in [0.717, 1.165) is 21.2 Å². The third kappa shape index (κ3) is 3.85. The molecule has 0 saturated carbocycles. The molecule has 1 N–H and O–H groups in total. The van der Waals surface area contributed by atoms with Gasteiger partial charge in [0.15, 0.2) is 0 Å². The van der Waals surface area contributed by atoms with Gasteiger partial charge < -0.3 is 10.1 Å². The number of carbonyl (C=O) groups excluding carboxylic acids is 2. The summed E-state index contributed by atoms with van der Waals surface area (Å²) in [5, 5.41) is 2.88. The van der Waals surface area contributed by atoms with Gasteiger partial charge in [-0.15, -0.1) is 0 Å². The molecular weight excluding hydrogens is 418 g/mol. The van der Waals surface area contributed by atoms with Crippen LogP contribution in [-0.4, -0.2) is 11.9 Å². The van der Waals surface area contributed by atoms with Crippen molar-refractivity contribution in [1.29, 1.82) is 0 Å². The third-order valence-corrected chi connectivity index (χ3v) is 5.32. The first kappa shape index (κ1) is 18.4. The fourth-order valence-electron chi connectivity index (χ4n) is 3.24. The molecule has 1 amide bonds. The van der Waals surface area contributed by atoms with Crippen molar-refractivity contribution in [2.75, 3.05) is 5.32 Å². The highest BCUT2D eigenvalue weighted by atomic mass is 79.9. The van der Waals surface area contributed by atoms with E-state index < -0.39 is 0 Å². The van der Waals surface area contributed by atoms with Crippen LogP contribution in [0.4, 0.5) is 5.69 Å². The van der Waals surface area contributed by atoms with E-state index in [1.807, 2.05) is 55.5 Å². The second kappa shape index (κ2) is 7.60. The molecule has 140 valence electrons. The number of fused-ring (bicyclic) bond motifs is 1. The lowest BCUT2D eigenvalue weighted by Gasteiger charge is -2.25. The lowest BCUT2D eigenvalue weighted by Crippen LogP contribution is -2.23. The second-order valence-electron chi connectivity index (χ2n) is 6.84. The van der Waals surface area contributed by atoms with Crippen LogP contribution in [0.1, 0.15) is 43.5 Å². The Balaban J connectivity index is 1.57. The normalized spacial score (nSPS) is 15.5. The molecule has 4 nitrogen and oxygen atoms in total. The van der Waals surface area contributed by atoms with Crippen molar-refractivity contribution in [3.05, 3.63) is 99.0 Å². The number of esters is 1. The Kier molecular flexibility index (Phi) is 5.01. The fraction of sp³-hybridized carbons (Fsp3) is 0.130. The number of benzene rings is 3. The molecule has 0 bridgehead atoms. The van der Waals surface area contributed by atoms with Crippen LogP contribution in [0.15, 0.2) is 71.2 Å². The third-order valence-electron chi connectivity index (χ3n) is 4.79. The number of anilines is 1. The zero-order valence-electron chi connectivity index (χ0n) is 15.2. The van der Waals surface area contributed by atoms with Crippen molar-refractivity contribution in [3.63, 3.8) is 0 Å². The number of amides is 1. The highest BCUT2D eigenvalue weighted by Crippen LogP contribution is 2.31. The summed E-state index contributed by atoms with van der Waals surface area (Å²) >= 11 is 3.38. The largest absolute Gasteiger partial charge is 0.454 e. The van der Waals surface area contributed by atoms with Gasteiger partial charge >= 0.3 is 5.97 Å². The van der Waals surface area contributed by atoms with Gasteiger partial charge in [-0.1, -0.05) is 45.8 Å². The molecular formula is C23H18BrNO3. The molecule has 0 unspecified atom stereocenters. The predicted molar refractivity (Wildman–Crippen MR) is 112 cm³/mol. The number of cyclic esters (lactones) is 1. The highest BCUT2D eigenvalue weighted by molar-refractivity contribution is 9.10. The first-order chi connectivity index (χ1) is 13.5. The maximum Gasteiger partial charge on any atom is 0.339 e. The zero-order valence-corrected chi connectivity index (χ0v) is 16.8. The molecule has 1 aliphatic heterocycles.